The van der Waals surface area contributed by atoms with Gasteiger partial charge in [-0.05, 0) is 44.4 Å². The Morgan fingerprint density at radius 3 is 2.64 bits per heavy atom. The molecule has 0 spiro atoms. The van der Waals surface area contributed by atoms with Gasteiger partial charge in [0.05, 0.1) is 5.02 Å². The Kier molecular flexibility index (Phi) is 6.44. The highest BCUT2D eigenvalue weighted by Gasteiger charge is 2.13. The van der Waals surface area contributed by atoms with Gasteiger partial charge >= 0.3 is 0 Å². The lowest BCUT2D eigenvalue weighted by Gasteiger charge is -2.11. The van der Waals surface area contributed by atoms with E-state index in [2.05, 4.69) is 15.6 Å². The molecule has 8 heteroatoms. The number of rotatable bonds is 6. The summed E-state index contributed by atoms with van der Waals surface area (Å²) in [5, 5.41) is 5.22. The van der Waals surface area contributed by atoms with Gasteiger partial charge in [0.1, 0.15) is 11.5 Å². The third-order valence-corrected chi connectivity index (χ3v) is 3.57. The van der Waals surface area contributed by atoms with Crippen LogP contribution in [0.4, 0.5) is 10.1 Å². The first-order valence-corrected chi connectivity index (χ1v) is 7.90. The average Bonchev–Trinajstić information content (AvgIpc) is 2.58. The summed E-state index contributed by atoms with van der Waals surface area (Å²) in [6, 6.07) is 6.76. The van der Waals surface area contributed by atoms with Gasteiger partial charge in [-0.1, -0.05) is 11.6 Å². The predicted molar refractivity (Wildman–Crippen MR) is 94.5 cm³/mol. The molecule has 0 bridgehead atoms. The molecule has 25 heavy (non-hydrogen) atoms. The molecular formula is C17H18ClFN4O2. The smallest absolute Gasteiger partial charge is 0.274 e. The molecule has 0 unspecified atom stereocenters. The highest BCUT2D eigenvalue weighted by atomic mass is 35.5. The van der Waals surface area contributed by atoms with E-state index in [1.807, 2.05) is 19.0 Å². The zero-order valence-electron chi connectivity index (χ0n) is 13.8. The molecular weight excluding hydrogens is 347 g/mol. The second kappa shape index (κ2) is 8.55. The van der Waals surface area contributed by atoms with Gasteiger partial charge < -0.3 is 15.5 Å². The highest BCUT2D eigenvalue weighted by molar-refractivity contribution is 6.31. The summed E-state index contributed by atoms with van der Waals surface area (Å²) < 4.78 is 13.1. The van der Waals surface area contributed by atoms with Crippen LogP contribution in [0.15, 0.2) is 36.5 Å². The van der Waals surface area contributed by atoms with Crippen molar-refractivity contribution in [3.05, 3.63) is 58.6 Å². The first-order valence-electron chi connectivity index (χ1n) is 7.52. The molecule has 0 atom stereocenters. The summed E-state index contributed by atoms with van der Waals surface area (Å²) in [7, 11) is 3.81. The van der Waals surface area contributed by atoms with Gasteiger partial charge in [0, 0.05) is 30.5 Å². The number of hydrogen-bond acceptors (Lipinski definition) is 4. The van der Waals surface area contributed by atoms with Crippen LogP contribution >= 0.6 is 11.6 Å². The van der Waals surface area contributed by atoms with E-state index in [9.17, 15) is 14.0 Å². The molecule has 1 aromatic heterocycles. The molecule has 2 aromatic rings. The van der Waals surface area contributed by atoms with Gasteiger partial charge in [0.15, 0.2) is 0 Å². The quantitative estimate of drug-likeness (QED) is 0.825. The number of pyridine rings is 1. The molecule has 0 saturated heterocycles. The molecule has 0 aliphatic carbocycles. The lowest BCUT2D eigenvalue weighted by molar-refractivity contribution is 0.0951. The molecule has 6 nitrogen and oxygen atoms in total. The van der Waals surface area contributed by atoms with E-state index in [1.54, 1.807) is 0 Å². The fourth-order valence-corrected chi connectivity index (χ4v) is 2.14. The van der Waals surface area contributed by atoms with E-state index < -0.39 is 11.7 Å². The maximum Gasteiger partial charge on any atom is 0.274 e. The molecule has 0 aliphatic rings. The van der Waals surface area contributed by atoms with E-state index in [4.69, 9.17) is 11.6 Å². The summed E-state index contributed by atoms with van der Waals surface area (Å²) in [6.07, 6.45) is 1.38. The SMILES string of the molecule is CN(C)CCNC(=O)c1ccnc(C(=O)Nc2ccc(F)c(Cl)c2)c1. The third kappa shape index (κ3) is 5.51. The Morgan fingerprint density at radius 2 is 1.96 bits per heavy atom. The number of aromatic nitrogens is 1. The number of carbonyl (C=O) groups is 2. The van der Waals surface area contributed by atoms with Crippen LogP contribution < -0.4 is 10.6 Å². The largest absolute Gasteiger partial charge is 0.351 e. The number of likely N-dealkylation sites (N-methyl/N-ethyl adjacent to an activating group) is 1. The van der Waals surface area contributed by atoms with Crippen molar-refractivity contribution in [2.45, 2.75) is 0 Å². The molecule has 132 valence electrons. The van der Waals surface area contributed by atoms with Crippen molar-refractivity contribution in [3.8, 4) is 0 Å². The third-order valence-electron chi connectivity index (χ3n) is 3.28. The molecule has 2 N–H and O–H groups in total. The van der Waals surface area contributed by atoms with Crippen molar-refractivity contribution in [1.82, 2.24) is 15.2 Å². The topological polar surface area (TPSA) is 74.3 Å². The van der Waals surface area contributed by atoms with E-state index in [0.29, 0.717) is 24.3 Å². The second-order valence-electron chi connectivity index (χ2n) is 5.57. The van der Waals surface area contributed by atoms with Crippen molar-refractivity contribution in [2.24, 2.45) is 0 Å². The van der Waals surface area contributed by atoms with Crippen LogP contribution in [-0.2, 0) is 0 Å². The van der Waals surface area contributed by atoms with E-state index in [1.165, 1.54) is 30.5 Å². The van der Waals surface area contributed by atoms with Crippen LogP contribution in [-0.4, -0.2) is 48.9 Å². The molecule has 0 fully saturated rings. The van der Waals surface area contributed by atoms with Crippen molar-refractivity contribution in [3.63, 3.8) is 0 Å². The van der Waals surface area contributed by atoms with Crippen molar-refractivity contribution >= 4 is 29.1 Å². The Hall–Kier alpha value is -2.51. The molecule has 2 amide bonds. The van der Waals surface area contributed by atoms with Crippen LogP contribution in [0.1, 0.15) is 20.8 Å². The Labute approximate surface area is 150 Å². The number of benzene rings is 1. The Balaban J connectivity index is 2.05. The van der Waals surface area contributed by atoms with Crippen LogP contribution in [0.5, 0.6) is 0 Å². The number of anilines is 1. The summed E-state index contributed by atoms with van der Waals surface area (Å²) in [4.78, 5) is 30.2. The lowest BCUT2D eigenvalue weighted by Crippen LogP contribution is -2.31. The van der Waals surface area contributed by atoms with Crippen LogP contribution in [0.3, 0.4) is 0 Å². The van der Waals surface area contributed by atoms with Crippen LogP contribution in [0, 0.1) is 5.82 Å². The first kappa shape index (κ1) is 18.8. The number of halogens is 2. The van der Waals surface area contributed by atoms with Crippen molar-refractivity contribution in [1.29, 1.82) is 0 Å². The van der Waals surface area contributed by atoms with Crippen LogP contribution in [0.25, 0.3) is 0 Å². The molecule has 1 heterocycles. The summed E-state index contributed by atoms with van der Waals surface area (Å²) in [5.74, 6) is -1.39. The van der Waals surface area contributed by atoms with E-state index >= 15 is 0 Å². The van der Waals surface area contributed by atoms with E-state index in [0.717, 1.165) is 6.07 Å². The summed E-state index contributed by atoms with van der Waals surface area (Å²) in [5.41, 5.74) is 0.732. The second-order valence-corrected chi connectivity index (χ2v) is 5.98. The fourth-order valence-electron chi connectivity index (χ4n) is 1.96. The number of nitrogens with one attached hydrogen (secondary N) is 2. The van der Waals surface area contributed by atoms with Crippen molar-refractivity contribution < 1.29 is 14.0 Å². The normalized spacial score (nSPS) is 10.6. The van der Waals surface area contributed by atoms with Gasteiger partial charge in [-0.25, -0.2) is 4.39 Å². The average molecular weight is 365 g/mol. The van der Waals surface area contributed by atoms with Gasteiger partial charge in [-0.3, -0.25) is 14.6 Å². The molecule has 0 radical (unpaired) electrons. The number of hydrogen-bond donors (Lipinski definition) is 2. The number of amides is 2. The lowest BCUT2D eigenvalue weighted by atomic mass is 10.2. The predicted octanol–water partition coefficient (Wildman–Crippen LogP) is 2.42. The van der Waals surface area contributed by atoms with Gasteiger partial charge in [-0.15, -0.1) is 0 Å². The van der Waals surface area contributed by atoms with Crippen LogP contribution in [0.2, 0.25) is 5.02 Å². The van der Waals surface area contributed by atoms with Gasteiger partial charge in [0.25, 0.3) is 11.8 Å². The zero-order valence-corrected chi connectivity index (χ0v) is 14.6. The Morgan fingerprint density at radius 1 is 1.20 bits per heavy atom. The molecule has 0 saturated carbocycles. The molecule has 0 aliphatic heterocycles. The van der Waals surface area contributed by atoms with Crippen molar-refractivity contribution in [2.75, 3.05) is 32.5 Å². The summed E-state index contributed by atoms with van der Waals surface area (Å²) >= 11 is 5.68. The minimum Gasteiger partial charge on any atom is -0.351 e. The first-order chi connectivity index (χ1) is 11.9. The highest BCUT2D eigenvalue weighted by Crippen LogP contribution is 2.19. The minimum atomic E-state index is -0.575. The standard InChI is InChI=1S/C17H18ClFN4O2/c1-23(2)8-7-21-16(24)11-5-6-20-15(9-11)17(25)22-12-3-4-14(19)13(18)10-12/h3-6,9-10H,7-8H2,1-2H3,(H,21,24)(H,22,25). The Bertz CT molecular complexity index is 783. The van der Waals surface area contributed by atoms with E-state index in [-0.39, 0.29) is 16.6 Å². The molecule has 1 aromatic carbocycles. The zero-order chi connectivity index (χ0) is 18.4. The van der Waals surface area contributed by atoms with Gasteiger partial charge in [-0.2, -0.15) is 0 Å². The maximum atomic E-state index is 13.1. The summed E-state index contributed by atoms with van der Waals surface area (Å²) in [6.45, 7) is 1.19. The monoisotopic (exact) mass is 364 g/mol. The fraction of sp³-hybridized carbons (Fsp3) is 0.235. The minimum absolute atomic E-state index is 0.0701. The maximum absolute atomic E-state index is 13.1. The number of carbonyl (C=O) groups excluding carboxylic acids is 2. The van der Waals surface area contributed by atoms with Gasteiger partial charge in [0.2, 0.25) is 0 Å². The molecule has 2 rings (SSSR count). The number of nitrogens with zero attached hydrogens (tertiary/aromatic N) is 2.